The molecular weight excluding hydrogens is 315 g/mol. The van der Waals surface area contributed by atoms with Crippen LogP contribution in [-0.2, 0) is 21.3 Å². The number of carbonyl (C=O) groups is 1. The van der Waals surface area contributed by atoms with E-state index in [1.165, 1.54) is 0 Å². The van der Waals surface area contributed by atoms with Gasteiger partial charge < -0.3 is 4.74 Å². The molecule has 0 saturated heterocycles. The van der Waals surface area contributed by atoms with Crippen molar-refractivity contribution in [3.8, 4) is 0 Å². The molecule has 0 aliphatic carbocycles. The van der Waals surface area contributed by atoms with Crippen LogP contribution < -0.4 is 0 Å². The summed E-state index contributed by atoms with van der Waals surface area (Å²) in [7, 11) is 0. The molecule has 1 aromatic rings. The van der Waals surface area contributed by atoms with E-state index in [4.69, 9.17) is 27.9 Å². The molecule has 0 atom stereocenters. The Morgan fingerprint density at radius 2 is 2.00 bits per heavy atom. The van der Waals surface area contributed by atoms with Gasteiger partial charge in [-0.05, 0) is 30.2 Å². The summed E-state index contributed by atoms with van der Waals surface area (Å²) >= 11 is 15.4. The molecule has 0 aliphatic heterocycles. The minimum absolute atomic E-state index is 0.146. The SMILES string of the molecule is CCOC(=O)Cc1cc(Cl)cc(CBr)c1Cl. The van der Waals surface area contributed by atoms with Gasteiger partial charge in [0.1, 0.15) is 0 Å². The van der Waals surface area contributed by atoms with Gasteiger partial charge in [-0.3, -0.25) is 4.79 Å². The van der Waals surface area contributed by atoms with E-state index in [1.807, 2.05) is 0 Å². The van der Waals surface area contributed by atoms with Crippen molar-refractivity contribution < 1.29 is 9.53 Å². The Kier molecular flexibility index (Phi) is 5.59. The number of halogens is 3. The lowest BCUT2D eigenvalue weighted by molar-refractivity contribution is -0.142. The molecule has 88 valence electrons. The summed E-state index contributed by atoms with van der Waals surface area (Å²) in [5.41, 5.74) is 1.57. The van der Waals surface area contributed by atoms with E-state index in [-0.39, 0.29) is 12.4 Å². The number of carbonyl (C=O) groups excluding carboxylic acids is 1. The summed E-state index contributed by atoms with van der Waals surface area (Å²) in [5, 5.41) is 1.73. The number of hydrogen-bond donors (Lipinski definition) is 0. The molecule has 0 radical (unpaired) electrons. The Bertz CT molecular complexity index is 394. The lowest BCUT2D eigenvalue weighted by Gasteiger charge is -2.08. The third-order valence-electron chi connectivity index (χ3n) is 1.97. The third-order valence-corrected chi connectivity index (χ3v) is 3.28. The van der Waals surface area contributed by atoms with Crippen molar-refractivity contribution in [3.63, 3.8) is 0 Å². The fourth-order valence-corrected chi connectivity index (χ4v) is 2.41. The fraction of sp³-hybridized carbons (Fsp3) is 0.364. The van der Waals surface area contributed by atoms with Crippen molar-refractivity contribution in [3.05, 3.63) is 33.3 Å². The lowest BCUT2D eigenvalue weighted by atomic mass is 10.1. The molecule has 0 unspecified atom stereocenters. The first-order chi connectivity index (χ1) is 7.58. The second-order valence-corrected chi connectivity index (χ2v) is 4.53. The van der Waals surface area contributed by atoms with Crippen molar-refractivity contribution >= 4 is 45.1 Å². The van der Waals surface area contributed by atoms with Crippen LogP contribution in [-0.4, -0.2) is 12.6 Å². The zero-order valence-corrected chi connectivity index (χ0v) is 11.8. The Morgan fingerprint density at radius 3 is 2.56 bits per heavy atom. The van der Waals surface area contributed by atoms with E-state index >= 15 is 0 Å². The van der Waals surface area contributed by atoms with Crippen LogP contribution in [0.4, 0.5) is 0 Å². The Hall–Kier alpha value is -0.250. The van der Waals surface area contributed by atoms with E-state index in [2.05, 4.69) is 15.9 Å². The highest BCUT2D eigenvalue weighted by atomic mass is 79.9. The maximum absolute atomic E-state index is 11.3. The maximum Gasteiger partial charge on any atom is 0.310 e. The Morgan fingerprint density at radius 1 is 1.38 bits per heavy atom. The molecule has 0 bridgehead atoms. The highest BCUT2D eigenvalue weighted by molar-refractivity contribution is 9.08. The van der Waals surface area contributed by atoms with Crippen LogP contribution in [0.3, 0.4) is 0 Å². The van der Waals surface area contributed by atoms with Gasteiger partial charge in [-0.2, -0.15) is 0 Å². The van der Waals surface area contributed by atoms with Crippen LogP contribution in [0.25, 0.3) is 0 Å². The zero-order chi connectivity index (χ0) is 12.1. The van der Waals surface area contributed by atoms with Gasteiger partial charge in [0.25, 0.3) is 0 Å². The summed E-state index contributed by atoms with van der Waals surface area (Å²) in [6.45, 7) is 2.13. The van der Waals surface area contributed by atoms with Gasteiger partial charge in [-0.25, -0.2) is 0 Å². The second kappa shape index (κ2) is 6.48. The molecule has 0 heterocycles. The maximum atomic E-state index is 11.3. The van der Waals surface area contributed by atoms with Crippen molar-refractivity contribution in [2.45, 2.75) is 18.7 Å². The molecule has 5 heteroatoms. The monoisotopic (exact) mass is 324 g/mol. The van der Waals surface area contributed by atoms with E-state index < -0.39 is 0 Å². The standard InChI is InChI=1S/C11H11BrCl2O2/c1-2-16-10(15)5-7-3-9(13)4-8(6-12)11(7)14/h3-4H,2,5-6H2,1H3. The van der Waals surface area contributed by atoms with Crippen molar-refractivity contribution in [2.75, 3.05) is 6.61 Å². The van der Waals surface area contributed by atoms with E-state index in [1.54, 1.807) is 19.1 Å². The Labute approximate surface area is 113 Å². The quantitative estimate of drug-likeness (QED) is 0.618. The molecular formula is C11H11BrCl2O2. The number of alkyl halides is 1. The summed E-state index contributed by atoms with van der Waals surface area (Å²) in [5.74, 6) is -0.299. The smallest absolute Gasteiger partial charge is 0.310 e. The van der Waals surface area contributed by atoms with Gasteiger partial charge >= 0.3 is 5.97 Å². The predicted octanol–water partition coefficient (Wildman–Crippen LogP) is 3.99. The molecule has 0 N–H and O–H groups in total. The highest BCUT2D eigenvalue weighted by Crippen LogP contribution is 2.28. The molecule has 16 heavy (non-hydrogen) atoms. The molecule has 1 rings (SSSR count). The van der Waals surface area contributed by atoms with Gasteiger partial charge in [-0.1, -0.05) is 39.1 Å². The lowest BCUT2D eigenvalue weighted by Crippen LogP contribution is -2.08. The van der Waals surface area contributed by atoms with Gasteiger partial charge in [0.15, 0.2) is 0 Å². The highest BCUT2D eigenvalue weighted by Gasteiger charge is 2.12. The van der Waals surface area contributed by atoms with Crippen LogP contribution in [0.5, 0.6) is 0 Å². The summed E-state index contributed by atoms with van der Waals surface area (Å²) < 4.78 is 4.86. The van der Waals surface area contributed by atoms with Gasteiger partial charge in [0, 0.05) is 15.4 Å². The number of esters is 1. The van der Waals surface area contributed by atoms with Crippen LogP contribution in [0, 0.1) is 0 Å². The topological polar surface area (TPSA) is 26.3 Å². The number of ether oxygens (including phenoxy) is 1. The first kappa shape index (κ1) is 13.8. The molecule has 0 spiro atoms. The summed E-state index contributed by atoms with van der Waals surface area (Å²) in [6.07, 6.45) is 0.146. The van der Waals surface area contributed by atoms with Crippen LogP contribution in [0.2, 0.25) is 10.0 Å². The third kappa shape index (κ3) is 3.65. The van der Waals surface area contributed by atoms with Crippen molar-refractivity contribution in [1.82, 2.24) is 0 Å². The molecule has 2 nitrogen and oxygen atoms in total. The fourth-order valence-electron chi connectivity index (χ4n) is 1.30. The largest absolute Gasteiger partial charge is 0.466 e. The van der Waals surface area contributed by atoms with Gasteiger partial charge in [0.2, 0.25) is 0 Å². The number of benzene rings is 1. The minimum atomic E-state index is -0.299. The molecule has 0 saturated carbocycles. The van der Waals surface area contributed by atoms with Crippen molar-refractivity contribution in [2.24, 2.45) is 0 Å². The molecule has 0 fully saturated rings. The van der Waals surface area contributed by atoms with Crippen LogP contribution >= 0.6 is 39.1 Å². The van der Waals surface area contributed by atoms with Crippen molar-refractivity contribution in [1.29, 1.82) is 0 Å². The Balaban J connectivity index is 2.95. The second-order valence-electron chi connectivity index (χ2n) is 3.15. The van der Waals surface area contributed by atoms with E-state index in [0.29, 0.717) is 27.5 Å². The minimum Gasteiger partial charge on any atom is -0.466 e. The molecule has 1 aromatic carbocycles. The zero-order valence-electron chi connectivity index (χ0n) is 8.73. The average Bonchev–Trinajstić information content (AvgIpc) is 2.23. The van der Waals surface area contributed by atoms with E-state index in [0.717, 1.165) is 5.56 Å². The normalized spacial score (nSPS) is 10.2. The summed E-state index contributed by atoms with van der Waals surface area (Å²) in [6, 6.07) is 3.46. The van der Waals surface area contributed by atoms with Gasteiger partial charge in [0.05, 0.1) is 13.0 Å². The predicted molar refractivity (Wildman–Crippen MR) is 69.4 cm³/mol. The van der Waals surface area contributed by atoms with Crippen LogP contribution in [0.1, 0.15) is 18.1 Å². The van der Waals surface area contributed by atoms with Crippen LogP contribution in [0.15, 0.2) is 12.1 Å². The van der Waals surface area contributed by atoms with Gasteiger partial charge in [-0.15, -0.1) is 0 Å². The first-order valence-electron chi connectivity index (χ1n) is 4.76. The first-order valence-corrected chi connectivity index (χ1v) is 6.64. The average molecular weight is 326 g/mol. The number of rotatable bonds is 4. The molecule has 0 aromatic heterocycles. The van der Waals surface area contributed by atoms with E-state index in [9.17, 15) is 4.79 Å². The summed E-state index contributed by atoms with van der Waals surface area (Å²) in [4.78, 5) is 11.3. The molecule has 0 aliphatic rings. The number of hydrogen-bond acceptors (Lipinski definition) is 2. The molecule has 0 amide bonds.